The third-order valence-corrected chi connectivity index (χ3v) is 4.95. The lowest BCUT2D eigenvalue weighted by Crippen LogP contribution is -2.43. The van der Waals surface area contributed by atoms with E-state index in [1.54, 1.807) is 18.2 Å². The lowest BCUT2D eigenvalue weighted by Gasteiger charge is -2.19. The van der Waals surface area contributed by atoms with Crippen LogP contribution in [0.2, 0.25) is 10.0 Å². The largest absolute Gasteiger partial charge is 0.467 e. The van der Waals surface area contributed by atoms with Crippen molar-refractivity contribution in [1.82, 2.24) is 5.32 Å². The Morgan fingerprint density at radius 2 is 1.87 bits per heavy atom. The van der Waals surface area contributed by atoms with Crippen LogP contribution >= 0.6 is 23.2 Å². The topological polar surface area (TPSA) is 55.4 Å². The van der Waals surface area contributed by atoms with Crippen molar-refractivity contribution in [2.75, 3.05) is 7.11 Å². The molecule has 0 unspecified atom stereocenters. The fourth-order valence-corrected chi connectivity index (χ4v) is 3.55. The standard InChI is InChI=1S/C17H21Cl2NO3/c1-23-17(22)15(10-12-13(18)7-4-8-14(12)19)20-16(21)9-11-5-2-3-6-11/h4,7-8,11,15H,2-3,5-6,9-10H2,1H3,(H,20,21)/t15-/m1/s1. The zero-order chi connectivity index (χ0) is 16.8. The summed E-state index contributed by atoms with van der Waals surface area (Å²) < 4.78 is 4.80. The van der Waals surface area contributed by atoms with Crippen molar-refractivity contribution in [3.8, 4) is 0 Å². The molecule has 1 N–H and O–H groups in total. The van der Waals surface area contributed by atoms with Crippen LogP contribution in [0.4, 0.5) is 0 Å². The van der Waals surface area contributed by atoms with Crippen LogP contribution in [0.25, 0.3) is 0 Å². The Morgan fingerprint density at radius 1 is 1.26 bits per heavy atom. The Kier molecular flexibility index (Phi) is 6.72. The van der Waals surface area contributed by atoms with Gasteiger partial charge in [-0.1, -0.05) is 42.1 Å². The molecule has 1 aromatic rings. The van der Waals surface area contributed by atoms with Gasteiger partial charge in [0, 0.05) is 22.9 Å². The van der Waals surface area contributed by atoms with Crippen molar-refractivity contribution in [1.29, 1.82) is 0 Å². The van der Waals surface area contributed by atoms with E-state index in [1.165, 1.54) is 20.0 Å². The molecule has 1 aliphatic rings. The fourth-order valence-electron chi connectivity index (χ4n) is 3.00. The van der Waals surface area contributed by atoms with Gasteiger partial charge in [-0.25, -0.2) is 4.79 Å². The number of benzene rings is 1. The molecule has 1 aromatic carbocycles. The number of nitrogens with one attached hydrogen (secondary N) is 1. The maximum Gasteiger partial charge on any atom is 0.328 e. The van der Waals surface area contributed by atoms with E-state index in [1.807, 2.05) is 0 Å². The Hall–Kier alpha value is -1.26. The van der Waals surface area contributed by atoms with Crippen LogP contribution < -0.4 is 5.32 Å². The predicted molar refractivity (Wildman–Crippen MR) is 90.7 cm³/mol. The van der Waals surface area contributed by atoms with E-state index in [4.69, 9.17) is 27.9 Å². The first-order valence-electron chi connectivity index (χ1n) is 7.81. The summed E-state index contributed by atoms with van der Waals surface area (Å²) in [4.78, 5) is 24.2. The van der Waals surface area contributed by atoms with Crippen LogP contribution in [0.5, 0.6) is 0 Å². The number of rotatable bonds is 6. The molecule has 1 fully saturated rings. The Labute approximate surface area is 146 Å². The molecule has 0 spiro atoms. The highest BCUT2D eigenvalue weighted by Crippen LogP contribution is 2.28. The summed E-state index contributed by atoms with van der Waals surface area (Å²) in [5, 5.41) is 3.70. The molecule has 0 saturated heterocycles. The van der Waals surface area contributed by atoms with Crippen LogP contribution in [0.15, 0.2) is 18.2 Å². The Balaban J connectivity index is 2.04. The van der Waals surface area contributed by atoms with Gasteiger partial charge in [0.2, 0.25) is 5.91 Å². The minimum Gasteiger partial charge on any atom is -0.467 e. The number of methoxy groups -OCH3 is 1. The van der Waals surface area contributed by atoms with E-state index in [2.05, 4.69) is 5.32 Å². The van der Waals surface area contributed by atoms with Gasteiger partial charge in [0.05, 0.1) is 7.11 Å². The first-order chi connectivity index (χ1) is 11.0. The molecule has 0 heterocycles. The van der Waals surface area contributed by atoms with Gasteiger partial charge in [0.15, 0.2) is 0 Å². The summed E-state index contributed by atoms with van der Waals surface area (Å²) in [6.07, 6.45) is 5.16. The van der Waals surface area contributed by atoms with Crippen LogP contribution in [0.1, 0.15) is 37.7 Å². The Morgan fingerprint density at radius 3 is 2.43 bits per heavy atom. The SMILES string of the molecule is COC(=O)[C@@H](Cc1c(Cl)cccc1Cl)NC(=O)CC1CCCC1. The molecule has 6 heteroatoms. The quantitative estimate of drug-likeness (QED) is 0.788. The number of hydrogen-bond donors (Lipinski definition) is 1. The molecule has 1 amide bonds. The first-order valence-corrected chi connectivity index (χ1v) is 8.57. The number of hydrogen-bond acceptors (Lipinski definition) is 3. The van der Waals surface area contributed by atoms with Crippen molar-refractivity contribution in [3.05, 3.63) is 33.8 Å². The summed E-state index contributed by atoms with van der Waals surface area (Å²) in [7, 11) is 1.30. The molecular weight excluding hydrogens is 337 g/mol. The molecule has 23 heavy (non-hydrogen) atoms. The lowest BCUT2D eigenvalue weighted by molar-refractivity contribution is -0.145. The van der Waals surface area contributed by atoms with Crippen LogP contribution in [-0.4, -0.2) is 25.0 Å². The van der Waals surface area contributed by atoms with E-state index < -0.39 is 12.0 Å². The van der Waals surface area contributed by atoms with Crippen molar-refractivity contribution in [3.63, 3.8) is 0 Å². The van der Waals surface area contributed by atoms with Crippen molar-refractivity contribution < 1.29 is 14.3 Å². The summed E-state index contributed by atoms with van der Waals surface area (Å²) in [6, 6.07) is 4.36. The van der Waals surface area contributed by atoms with Gasteiger partial charge in [0.25, 0.3) is 0 Å². The average molecular weight is 358 g/mol. The van der Waals surface area contributed by atoms with Gasteiger partial charge >= 0.3 is 5.97 Å². The van der Waals surface area contributed by atoms with Gasteiger partial charge in [-0.3, -0.25) is 4.79 Å². The van der Waals surface area contributed by atoms with Crippen LogP contribution in [0, 0.1) is 5.92 Å². The van der Waals surface area contributed by atoms with E-state index >= 15 is 0 Å². The zero-order valence-corrected chi connectivity index (χ0v) is 14.6. The third kappa shape index (κ3) is 5.11. The Bertz CT molecular complexity index is 551. The molecule has 1 aliphatic carbocycles. The molecule has 0 bridgehead atoms. The second kappa shape index (κ2) is 8.55. The molecule has 126 valence electrons. The van der Waals surface area contributed by atoms with E-state index in [-0.39, 0.29) is 12.3 Å². The predicted octanol–water partition coefficient (Wildman–Crippen LogP) is 3.77. The third-order valence-electron chi connectivity index (χ3n) is 4.24. The number of carbonyl (C=O) groups excluding carboxylic acids is 2. The number of ether oxygens (including phenoxy) is 1. The van der Waals surface area contributed by atoms with E-state index in [9.17, 15) is 9.59 Å². The highest BCUT2D eigenvalue weighted by atomic mass is 35.5. The number of carbonyl (C=O) groups is 2. The second-order valence-electron chi connectivity index (χ2n) is 5.90. The average Bonchev–Trinajstić information content (AvgIpc) is 3.02. The lowest BCUT2D eigenvalue weighted by atomic mass is 10.0. The summed E-state index contributed by atoms with van der Waals surface area (Å²) >= 11 is 12.3. The molecular formula is C17H21Cl2NO3. The maximum atomic E-state index is 12.2. The van der Waals surface area contributed by atoms with Gasteiger partial charge in [-0.2, -0.15) is 0 Å². The number of halogens is 2. The monoisotopic (exact) mass is 357 g/mol. The van der Waals surface area contributed by atoms with Gasteiger partial charge < -0.3 is 10.1 Å². The summed E-state index contributed by atoms with van der Waals surface area (Å²) in [5.74, 6) is -0.214. The number of esters is 1. The highest BCUT2D eigenvalue weighted by molar-refractivity contribution is 6.36. The molecule has 2 rings (SSSR count). The van der Waals surface area contributed by atoms with E-state index in [0.717, 1.165) is 12.8 Å². The first kappa shape index (κ1) is 18.1. The van der Waals surface area contributed by atoms with Gasteiger partial charge in [-0.15, -0.1) is 0 Å². The minimum absolute atomic E-state index is 0.129. The second-order valence-corrected chi connectivity index (χ2v) is 6.72. The molecule has 4 nitrogen and oxygen atoms in total. The van der Waals surface area contributed by atoms with Crippen molar-refractivity contribution in [2.45, 2.75) is 44.6 Å². The van der Waals surface area contributed by atoms with Gasteiger partial charge in [-0.05, 0) is 36.5 Å². The highest BCUT2D eigenvalue weighted by Gasteiger charge is 2.26. The molecule has 0 radical (unpaired) electrons. The van der Waals surface area contributed by atoms with Crippen molar-refractivity contribution in [2.24, 2.45) is 5.92 Å². The van der Waals surface area contributed by atoms with Crippen molar-refractivity contribution >= 4 is 35.1 Å². The smallest absolute Gasteiger partial charge is 0.328 e. The maximum absolute atomic E-state index is 12.2. The van der Waals surface area contributed by atoms with Gasteiger partial charge in [0.1, 0.15) is 6.04 Å². The minimum atomic E-state index is -0.786. The van der Waals surface area contributed by atoms with Crippen LogP contribution in [0.3, 0.4) is 0 Å². The van der Waals surface area contributed by atoms with Crippen LogP contribution in [-0.2, 0) is 20.7 Å². The summed E-state index contributed by atoms with van der Waals surface area (Å²) in [5.41, 5.74) is 0.632. The normalized spacial score (nSPS) is 16.1. The molecule has 0 aliphatic heterocycles. The molecule has 0 aromatic heterocycles. The zero-order valence-electron chi connectivity index (χ0n) is 13.1. The summed E-state index contributed by atoms with van der Waals surface area (Å²) in [6.45, 7) is 0. The fraction of sp³-hybridized carbons (Fsp3) is 0.529. The number of amides is 1. The van der Waals surface area contributed by atoms with E-state index in [0.29, 0.717) is 27.9 Å². The molecule has 1 atom stereocenters. The molecule has 1 saturated carbocycles.